The Balaban J connectivity index is 1.80. The number of hydrogen-bond donors (Lipinski definition) is 1. The molecule has 1 aliphatic rings. The molecule has 1 aliphatic heterocycles. The van der Waals surface area contributed by atoms with Crippen LogP contribution in [0.2, 0.25) is 0 Å². The van der Waals surface area contributed by atoms with Crippen LogP contribution in [0, 0.1) is 11.7 Å². The van der Waals surface area contributed by atoms with Crippen molar-refractivity contribution in [1.29, 1.82) is 0 Å². The summed E-state index contributed by atoms with van der Waals surface area (Å²) in [5.74, 6) is 0.321. The molecule has 1 atom stereocenters. The van der Waals surface area contributed by atoms with E-state index in [2.05, 4.69) is 24.1 Å². The van der Waals surface area contributed by atoms with Crippen molar-refractivity contribution < 1.29 is 9.18 Å². The fourth-order valence-electron chi connectivity index (χ4n) is 2.52. The number of hydrogen-bond acceptors (Lipinski definition) is 3. The summed E-state index contributed by atoms with van der Waals surface area (Å²) in [4.78, 5) is 16.2. The van der Waals surface area contributed by atoms with Gasteiger partial charge in [0.05, 0.1) is 12.2 Å². The molecular formula is C17H26FN3O. The van der Waals surface area contributed by atoms with Crippen LogP contribution in [-0.4, -0.2) is 49.6 Å². The van der Waals surface area contributed by atoms with Crippen molar-refractivity contribution >= 4 is 11.6 Å². The van der Waals surface area contributed by atoms with E-state index in [1.54, 1.807) is 6.07 Å². The van der Waals surface area contributed by atoms with Gasteiger partial charge < -0.3 is 10.2 Å². The Hall–Kier alpha value is -1.62. The topological polar surface area (TPSA) is 35.6 Å². The zero-order chi connectivity index (χ0) is 16.1. The molecule has 0 unspecified atom stereocenters. The Bertz CT molecular complexity index is 498. The molecule has 1 saturated heterocycles. The van der Waals surface area contributed by atoms with Crippen molar-refractivity contribution in [2.45, 2.75) is 26.8 Å². The zero-order valence-corrected chi connectivity index (χ0v) is 13.7. The number of carbonyl (C=O) groups is 1. The molecule has 1 N–H and O–H groups in total. The van der Waals surface area contributed by atoms with Crippen LogP contribution in [0.4, 0.5) is 10.1 Å². The molecule has 0 saturated carbocycles. The lowest BCUT2D eigenvalue weighted by Crippen LogP contribution is -2.50. The molecule has 1 aromatic rings. The van der Waals surface area contributed by atoms with Crippen LogP contribution in [0.3, 0.4) is 0 Å². The van der Waals surface area contributed by atoms with Crippen LogP contribution in [0.1, 0.15) is 20.8 Å². The molecule has 5 heteroatoms. The van der Waals surface area contributed by atoms with E-state index in [-0.39, 0.29) is 17.8 Å². The first kappa shape index (κ1) is 16.7. The van der Waals surface area contributed by atoms with Gasteiger partial charge in [0.25, 0.3) is 0 Å². The van der Waals surface area contributed by atoms with Gasteiger partial charge in [-0.05, 0) is 25.0 Å². The normalized spacial score (nSPS) is 17.6. The number of carbonyl (C=O) groups excluding carboxylic acids is 1. The second kappa shape index (κ2) is 7.58. The summed E-state index contributed by atoms with van der Waals surface area (Å²) >= 11 is 0. The second-order valence-corrected chi connectivity index (χ2v) is 6.31. The van der Waals surface area contributed by atoms with Crippen molar-refractivity contribution in [2.24, 2.45) is 5.92 Å². The molecule has 1 amide bonds. The predicted octanol–water partition coefficient (Wildman–Crippen LogP) is 2.11. The Morgan fingerprint density at radius 2 is 1.82 bits per heavy atom. The average Bonchev–Trinajstić information content (AvgIpc) is 2.48. The first-order valence-corrected chi connectivity index (χ1v) is 7.98. The van der Waals surface area contributed by atoms with Crippen molar-refractivity contribution in [3.8, 4) is 0 Å². The van der Waals surface area contributed by atoms with E-state index in [0.29, 0.717) is 18.2 Å². The molecule has 4 nitrogen and oxygen atoms in total. The largest absolute Gasteiger partial charge is 0.367 e. The summed E-state index contributed by atoms with van der Waals surface area (Å²) in [5, 5.41) is 3.02. The minimum absolute atomic E-state index is 0.0699. The van der Waals surface area contributed by atoms with Gasteiger partial charge in [0, 0.05) is 32.2 Å². The molecular weight excluding hydrogens is 281 g/mol. The van der Waals surface area contributed by atoms with E-state index in [0.717, 1.165) is 26.2 Å². The number of piperazine rings is 1. The lowest BCUT2D eigenvalue weighted by molar-refractivity contribution is -0.123. The third kappa shape index (κ3) is 4.44. The molecule has 122 valence electrons. The highest BCUT2D eigenvalue weighted by molar-refractivity contribution is 5.78. The van der Waals surface area contributed by atoms with E-state index >= 15 is 0 Å². The summed E-state index contributed by atoms with van der Waals surface area (Å²) in [6, 6.07) is 7.04. The molecule has 1 fully saturated rings. The predicted molar refractivity (Wildman–Crippen MR) is 87.5 cm³/mol. The van der Waals surface area contributed by atoms with Crippen LogP contribution >= 0.6 is 0 Å². The zero-order valence-electron chi connectivity index (χ0n) is 13.7. The van der Waals surface area contributed by atoms with Gasteiger partial charge in [-0.25, -0.2) is 4.39 Å². The molecule has 0 aromatic heterocycles. The Kier molecular flexibility index (Phi) is 5.77. The standard InChI is InChI=1S/C17H26FN3O/c1-13(2)14(3)19-17(22)12-20-8-10-21(11-9-20)16-7-5-4-6-15(16)18/h4-7,13-14H,8-12H2,1-3H3,(H,19,22)/t14-/m1/s1. The quantitative estimate of drug-likeness (QED) is 0.905. The number of halogens is 1. The summed E-state index contributed by atoms with van der Waals surface area (Å²) in [6.07, 6.45) is 0. The lowest BCUT2D eigenvalue weighted by atomic mass is 10.1. The van der Waals surface area contributed by atoms with Crippen LogP contribution < -0.4 is 10.2 Å². The number of para-hydroxylation sites is 1. The van der Waals surface area contributed by atoms with E-state index in [4.69, 9.17) is 0 Å². The number of anilines is 1. The van der Waals surface area contributed by atoms with Gasteiger partial charge in [-0.15, -0.1) is 0 Å². The lowest BCUT2D eigenvalue weighted by Gasteiger charge is -2.36. The second-order valence-electron chi connectivity index (χ2n) is 6.31. The van der Waals surface area contributed by atoms with Gasteiger partial charge in [0.15, 0.2) is 0 Å². The van der Waals surface area contributed by atoms with Crippen LogP contribution in [0.5, 0.6) is 0 Å². The van der Waals surface area contributed by atoms with Crippen molar-refractivity contribution in [1.82, 2.24) is 10.2 Å². The molecule has 1 aromatic carbocycles. The number of benzene rings is 1. The fourth-order valence-corrected chi connectivity index (χ4v) is 2.52. The maximum Gasteiger partial charge on any atom is 0.234 e. The summed E-state index contributed by atoms with van der Waals surface area (Å²) in [5.41, 5.74) is 0.653. The van der Waals surface area contributed by atoms with Crippen molar-refractivity contribution in [2.75, 3.05) is 37.6 Å². The third-order valence-corrected chi connectivity index (χ3v) is 4.32. The Labute approximate surface area is 132 Å². The molecule has 0 aliphatic carbocycles. The molecule has 1 heterocycles. The van der Waals surface area contributed by atoms with Crippen molar-refractivity contribution in [3.63, 3.8) is 0 Å². The molecule has 2 rings (SSSR count). The van der Waals surface area contributed by atoms with Crippen LogP contribution in [-0.2, 0) is 4.79 Å². The highest BCUT2D eigenvalue weighted by atomic mass is 19.1. The van der Waals surface area contributed by atoms with Gasteiger partial charge in [0.2, 0.25) is 5.91 Å². The van der Waals surface area contributed by atoms with Gasteiger partial charge in [-0.3, -0.25) is 9.69 Å². The Morgan fingerprint density at radius 3 is 2.41 bits per heavy atom. The molecule has 22 heavy (non-hydrogen) atoms. The summed E-state index contributed by atoms with van der Waals surface area (Å²) in [6.45, 7) is 9.68. The van der Waals surface area contributed by atoms with Gasteiger partial charge in [0.1, 0.15) is 5.82 Å². The maximum absolute atomic E-state index is 13.8. The monoisotopic (exact) mass is 307 g/mol. The van der Waals surface area contributed by atoms with E-state index in [1.807, 2.05) is 24.0 Å². The smallest absolute Gasteiger partial charge is 0.234 e. The number of nitrogens with one attached hydrogen (secondary N) is 1. The minimum Gasteiger partial charge on any atom is -0.367 e. The third-order valence-electron chi connectivity index (χ3n) is 4.32. The average molecular weight is 307 g/mol. The van der Waals surface area contributed by atoms with E-state index in [1.165, 1.54) is 6.07 Å². The highest BCUT2D eigenvalue weighted by Crippen LogP contribution is 2.19. The van der Waals surface area contributed by atoms with Crippen LogP contribution in [0.25, 0.3) is 0 Å². The van der Waals surface area contributed by atoms with E-state index < -0.39 is 0 Å². The number of amides is 1. The molecule has 0 spiro atoms. The van der Waals surface area contributed by atoms with Crippen LogP contribution in [0.15, 0.2) is 24.3 Å². The first-order valence-electron chi connectivity index (χ1n) is 7.98. The first-order chi connectivity index (χ1) is 10.5. The molecule has 0 bridgehead atoms. The number of rotatable bonds is 5. The highest BCUT2D eigenvalue weighted by Gasteiger charge is 2.21. The minimum atomic E-state index is -0.181. The maximum atomic E-state index is 13.8. The fraction of sp³-hybridized carbons (Fsp3) is 0.588. The number of nitrogens with zero attached hydrogens (tertiary/aromatic N) is 2. The van der Waals surface area contributed by atoms with Crippen molar-refractivity contribution in [3.05, 3.63) is 30.1 Å². The van der Waals surface area contributed by atoms with Gasteiger partial charge >= 0.3 is 0 Å². The van der Waals surface area contributed by atoms with Gasteiger partial charge in [-0.2, -0.15) is 0 Å². The molecule has 0 radical (unpaired) electrons. The SMILES string of the molecule is CC(C)[C@@H](C)NC(=O)CN1CCN(c2ccccc2F)CC1. The Morgan fingerprint density at radius 1 is 1.18 bits per heavy atom. The summed E-state index contributed by atoms with van der Waals surface area (Å²) in [7, 11) is 0. The van der Waals surface area contributed by atoms with Gasteiger partial charge in [-0.1, -0.05) is 26.0 Å². The summed E-state index contributed by atoms with van der Waals surface area (Å²) < 4.78 is 13.8. The van der Waals surface area contributed by atoms with E-state index in [9.17, 15) is 9.18 Å².